The van der Waals surface area contributed by atoms with Gasteiger partial charge in [-0.1, -0.05) is 19.0 Å². The molecule has 0 saturated heterocycles. The second kappa shape index (κ2) is 9.79. The van der Waals surface area contributed by atoms with E-state index in [0.717, 1.165) is 53.7 Å². The van der Waals surface area contributed by atoms with E-state index in [1.165, 1.54) is 0 Å². The van der Waals surface area contributed by atoms with Crippen molar-refractivity contribution >= 4 is 11.8 Å². The molecule has 0 aliphatic heterocycles. The van der Waals surface area contributed by atoms with Crippen molar-refractivity contribution in [2.24, 2.45) is 4.99 Å². The summed E-state index contributed by atoms with van der Waals surface area (Å²) in [5.74, 6) is 2.65. The van der Waals surface area contributed by atoms with Gasteiger partial charge >= 0.3 is 0 Å². The van der Waals surface area contributed by atoms with E-state index in [4.69, 9.17) is 9.52 Å². The van der Waals surface area contributed by atoms with Crippen molar-refractivity contribution in [2.75, 3.05) is 25.5 Å². The number of nitrogens with one attached hydrogen (secondary N) is 2. The van der Waals surface area contributed by atoms with Gasteiger partial charge in [0.15, 0.2) is 5.96 Å². The third kappa shape index (κ3) is 5.21. The first-order valence-corrected chi connectivity index (χ1v) is 9.19. The number of hydrogen-bond acceptors (Lipinski definition) is 5. The average Bonchev–Trinajstić information content (AvgIpc) is 3.06. The highest BCUT2D eigenvalue weighted by Gasteiger charge is 2.13. The molecular formula is C19H30N6O. The van der Waals surface area contributed by atoms with Gasteiger partial charge in [0.1, 0.15) is 11.6 Å². The van der Waals surface area contributed by atoms with Gasteiger partial charge in [-0.2, -0.15) is 0 Å². The van der Waals surface area contributed by atoms with Gasteiger partial charge in [-0.15, -0.1) is 0 Å². The van der Waals surface area contributed by atoms with Crippen LogP contribution in [0.1, 0.15) is 43.4 Å². The average molecular weight is 358 g/mol. The molecule has 0 aliphatic rings. The topological polar surface area (TPSA) is 78.6 Å². The molecule has 142 valence electrons. The number of aryl methyl sites for hydroxylation is 2. The predicted molar refractivity (Wildman–Crippen MR) is 105 cm³/mol. The highest BCUT2D eigenvalue weighted by Crippen LogP contribution is 2.15. The lowest BCUT2D eigenvalue weighted by atomic mass is 10.1. The third-order valence-electron chi connectivity index (χ3n) is 4.07. The Hall–Kier alpha value is -2.57. The summed E-state index contributed by atoms with van der Waals surface area (Å²) in [6.45, 7) is 8.27. The van der Waals surface area contributed by atoms with Crippen LogP contribution in [0.3, 0.4) is 0 Å². The second-order valence-corrected chi connectivity index (χ2v) is 6.20. The maximum atomic E-state index is 5.43. The van der Waals surface area contributed by atoms with Crippen LogP contribution < -0.4 is 15.5 Å². The van der Waals surface area contributed by atoms with Crippen molar-refractivity contribution in [3.63, 3.8) is 0 Å². The van der Waals surface area contributed by atoms with Gasteiger partial charge in [0.25, 0.3) is 0 Å². The van der Waals surface area contributed by atoms with E-state index in [-0.39, 0.29) is 0 Å². The first-order valence-electron chi connectivity index (χ1n) is 9.19. The fraction of sp³-hybridized carbons (Fsp3) is 0.526. The Balaban J connectivity index is 2.07. The van der Waals surface area contributed by atoms with E-state index in [1.807, 2.05) is 31.3 Å². The van der Waals surface area contributed by atoms with Crippen LogP contribution in [-0.2, 0) is 25.9 Å². The summed E-state index contributed by atoms with van der Waals surface area (Å²) in [6, 6.07) is 4.04. The molecule has 2 aromatic rings. The molecule has 26 heavy (non-hydrogen) atoms. The van der Waals surface area contributed by atoms with E-state index in [0.29, 0.717) is 13.1 Å². The summed E-state index contributed by atoms with van der Waals surface area (Å²) < 4.78 is 5.43. The maximum Gasteiger partial charge on any atom is 0.191 e. The number of anilines is 1. The summed E-state index contributed by atoms with van der Waals surface area (Å²) in [5, 5.41) is 10.8. The number of pyridine rings is 1. The normalized spacial score (nSPS) is 11.5. The standard InChI is InChI=1S/C19H30N6O/c1-6-16-15(17(7-2)26-24-16)13-23-19(20-8-3)22-12-14-9-10-21-18(11-14)25(4)5/h9-11H,6-8,12-13H2,1-5H3,(H2,20,22,23). The lowest BCUT2D eigenvalue weighted by Gasteiger charge is -2.13. The SMILES string of the molecule is CCNC(=NCc1ccnc(N(C)C)c1)NCc1c(CC)noc1CC. The molecule has 0 radical (unpaired) electrons. The Morgan fingerprint density at radius 2 is 2.00 bits per heavy atom. The van der Waals surface area contributed by atoms with Gasteiger partial charge in [-0.3, -0.25) is 0 Å². The zero-order valence-corrected chi connectivity index (χ0v) is 16.5. The Kier molecular flexibility index (Phi) is 7.44. The Morgan fingerprint density at radius 1 is 1.19 bits per heavy atom. The van der Waals surface area contributed by atoms with Crippen LogP contribution in [0.2, 0.25) is 0 Å². The van der Waals surface area contributed by atoms with Crippen molar-refractivity contribution < 1.29 is 4.52 Å². The molecule has 0 atom stereocenters. The van der Waals surface area contributed by atoms with Crippen LogP contribution in [0.15, 0.2) is 27.8 Å². The highest BCUT2D eigenvalue weighted by molar-refractivity contribution is 5.79. The quantitative estimate of drug-likeness (QED) is 0.558. The number of guanidine groups is 1. The number of aromatic nitrogens is 2. The predicted octanol–water partition coefficient (Wildman–Crippen LogP) is 2.52. The number of rotatable bonds is 8. The van der Waals surface area contributed by atoms with Crippen LogP contribution in [0, 0.1) is 0 Å². The van der Waals surface area contributed by atoms with Crippen molar-refractivity contribution in [2.45, 2.75) is 46.7 Å². The maximum absolute atomic E-state index is 5.43. The summed E-state index contributed by atoms with van der Waals surface area (Å²) >= 11 is 0. The molecule has 2 heterocycles. The summed E-state index contributed by atoms with van der Waals surface area (Å²) in [7, 11) is 3.97. The molecule has 7 nitrogen and oxygen atoms in total. The fourth-order valence-electron chi connectivity index (χ4n) is 2.63. The number of aliphatic imine (C=N–C) groups is 1. The van der Waals surface area contributed by atoms with Gasteiger partial charge in [0, 0.05) is 45.4 Å². The van der Waals surface area contributed by atoms with E-state index >= 15 is 0 Å². The molecule has 0 saturated carbocycles. The number of hydrogen-bond donors (Lipinski definition) is 2. The first kappa shape index (κ1) is 19.8. The summed E-state index contributed by atoms with van der Waals surface area (Å²) in [6.07, 6.45) is 3.51. The molecule has 0 spiro atoms. The van der Waals surface area contributed by atoms with Crippen LogP contribution >= 0.6 is 0 Å². The molecule has 2 aromatic heterocycles. The lowest BCUT2D eigenvalue weighted by molar-refractivity contribution is 0.380. The van der Waals surface area contributed by atoms with Gasteiger partial charge in [0.2, 0.25) is 0 Å². The van der Waals surface area contributed by atoms with Crippen molar-refractivity contribution in [1.29, 1.82) is 0 Å². The molecule has 0 aromatic carbocycles. The molecule has 0 aliphatic carbocycles. The molecule has 2 N–H and O–H groups in total. The Bertz CT molecular complexity index is 701. The molecular weight excluding hydrogens is 328 g/mol. The van der Waals surface area contributed by atoms with Crippen molar-refractivity contribution in [3.8, 4) is 0 Å². The van der Waals surface area contributed by atoms with E-state index in [9.17, 15) is 0 Å². The minimum absolute atomic E-state index is 0.587. The molecule has 0 amide bonds. The molecule has 0 fully saturated rings. The van der Waals surface area contributed by atoms with Gasteiger partial charge in [-0.05, 0) is 31.0 Å². The molecule has 7 heteroatoms. The zero-order valence-electron chi connectivity index (χ0n) is 16.5. The van der Waals surface area contributed by atoms with Crippen LogP contribution in [0.5, 0.6) is 0 Å². The molecule has 2 rings (SSSR count). The lowest BCUT2D eigenvalue weighted by Crippen LogP contribution is -2.37. The van der Waals surface area contributed by atoms with Gasteiger partial charge in [0.05, 0.1) is 12.2 Å². The number of nitrogens with zero attached hydrogens (tertiary/aromatic N) is 4. The van der Waals surface area contributed by atoms with Crippen LogP contribution in [0.25, 0.3) is 0 Å². The van der Waals surface area contributed by atoms with Gasteiger partial charge in [-0.25, -0.2) is 9.98 Å². The van der Waals surface area contributed by atoms with Crippen molar-refractivity contribution in [3.05, 3.63) is 40.9 Å². The monoisotopic (exact) mass is 358 g/mol. The minimum Gasteiger partial charge on any atom is -0.363 e. The summed E-state index contributed by atoms with van der Waals surface area (Å²) in [4.78, 5) is 11.0. The van der Waals surface area contributed by atoms with Crippen LogP contribution in [-0.4, -0.2) is 36.7 Å². The third-order valence-corrected chi connectivity index (χ3v) is 4.07. The van der Waals surface area contributed by atoms with E-state index in [2.05, 4.69) is 47.6 Å². The fourth-order valence-corrected chi connectivity index (χ4v) is 2.63. The molecule has 0 unspecified atom stereocenters. The van der Waals surface area contributed by atoms with E-state index < -0.39 is 0 Å². The Labute approximate surface area is 155 Å². The minimum atomic E-state index is 0.587. The van der Waals surface area contributed by atoms with Gasteiger partial charge < -0.3 is 20.1 Å². The van der Waals surface area contributed by atoms with E-state index in [1.54, 1.807) is 0 Å². The van der Waals surface area contributed by atoms with Crippen LogP contribution in [0.4, 0.5) is 5.82 Å². The second-order valence-electron chi connectivity index (χ2n) is 6.20. The smallest absolute Gasteiger partial charge is 0.191 e. The largest absolute Gasteiger partial charge is 0.363 e. The Morgan fingerprint density at radius 3 is 2.65 bits per heavy atom. The summed E-state index contributed by atoms with van der Waals surface area (Å²) in [5.41, 5.74) is 3.27. The molecule has 0 bridgehead atoms. The zero-order chi connectivity index (χ0) is 18.9. The highest BCUT2D eigenvalue weighted by atomic mass is 16.5. The first-order chi connectivity index (χ1) is 12.6. The van der Waals surface area contributed by atoms with Crippen molar-refractivity contribution in [1.82, 2.24) is 20.8 Å².